The van der Waals surface area contributed by atoms with E-state index in [1.165, 1.54) is 0 Å². The molecule has 0 heterocycles. The number of anilines is 1. The fourth-order valence-corrected chi connectivity index (χ4v) is 1.55. The summed E-state index contributed by atoms with van der Waals surface area (Å²) in [6, 6.07) is 5.79. The Labute approximate surface area is 96.8 Å². The van der Waals surface area contributed by atoms with Crippen LogP contribution >= 0.6 is 27.5 Å². The van der Waals surface area contributed by atoms with Crippen LogP contribution in [0.3, 0.4) is 0 Å². The second-order valence-corrected chi connectivity index (χ2v) is 4.20. The number of hydrogen-bond acceptors (Lipinski definition) is 1. The molecule has 0 fully saturated rings. The summed E-state index contributed by atoms with van der Waals surface area (Å²) in [6.45, 7) is 1.98. The summed E-state index contributed by atoms with van der Waals surface area (Å²) in [5.74, 6) is 0.279. The van der Waals surface area contributed by atoms with Crippen molar-refractivity contribution in [3.05, 3.63) is 28.2 Å². The highest BCUT2D eigenvalue weighted by atomic mass is 79.9. The average molecular weight is 277 g/mol. The van der Waals surface area contributed by atoms with Crippen LogP contribution in [0.25, 0.3) is 0 Å². The van der Waals surface area contributed by atoms with Gasteiger partial charge in [-0.2, -0.15) is 0 Å². The first-order valence-corrected chi connectivity index (χ1v) is 5.58. The number of alkyl halides is 1. The van der Waals surface area contributed by atoms with Gasteiger partial charge in [0.15, 0.2) is 0 Å². The number of halogens is 2. The summed E-state index contributed by atoms with van der Waals surface area (Å²) in [4.78, 5) is 11.3. The first-order valence-electron chi connectivity index (χ1n) is 4.25. The number of carbonyl (C=O) groups is 1. The number of carbonyl (C=O) groups excluding carboxylic acids is 1. The van der Waals surface area contributed by atoms with Crippen molar-refractivity contribution in [2.24, 2.45) is 0 Å². The molecule has 0 atom stereocenters. The quantitative estimate of drug-likeness (QED) is 0.843. The SMILES string of the molecule is Cc1ccc(Br)c(NC(=O)CCCl)c1. The average Bonchev–Trinajstić information content (AvgIpc) is 2.12. The fourth-order valence-electron chi connectivity index (χ4n) is 1.03. The minimum absolute atomic E-state index is 0.0636. The monoisotopic (exact) mass is 275 g/mol. The van der Waals surface area contributed by atoms with Crippen LogP contribution in [0.2, 0.25) is 0 Å². The van der Waals surface area contributed by atoms with E-state index < -0.39 is 0 Å². The van der Waals surface area contributed by atoms with Gasteiger partial charge in [-0.25, -0.2) is 0 Å². The van der Waals surface area contributed by atoms with Crippen LogP contribution in [-0.4, -0.2) is 11.8 Å². The molecule has 0 radical (unpaired) electrons. The maximum absolute atomic E-state index is 11.3. The van der Waals surface area contributed by atoms with Crippen LogP contribution in [-0.2, 0) is 4.79 Å². The molecule has 0 spiro atoms. The zero-order valence-electron chi connectivity index (χ0n) is 7.81. The number of aryl methyl sites for hydroxylation is 1. The Kier molecular flexibility index (Phi) is 4.42. The van der Waals surface area contributed by atoms with Gasteiger partial charge in [0.25, 0.3) is 0 Å². The Morgan fingerprint density at radius 2 is 2.29 bits per heavy atom. The molecular weight excluding hydrogens is 265 g/mol. The molecule has 1 rings (SSSR count). The molecule has 14 heavy (non-hydrogen) atoms. The van der Waals surface area contributed by atoms with Gasteiger partial charge < -0.3 is 5.32 Å². The molecule has 2 nitrogen and oxygen atoms in total. The zero-order chi connectivity index (χ0) is 10.6. The molecule has 1 N–H and O–H groups in total. The highest BCUT2D eigenvalue weighted by Gasteiger charge is 2.04. The van der Waals surface area contributed by atoms with Gasteiger partial charge in [0.2, 0.25) is 5.91 Å². The fraction of sp³-hybridized carbons (Fsp3) is 0.300. The first kappa shape index (κ1) is 11.5. The number of rotatable bonds is 3. The van der Waals surface area contributed by atoms with Crippen LogP contribution < -0.4 is 5.32 Å². The van der Waals surface area contributed by atoms with E-state index in [4.69, 9.17) is 11.6 Å². The van der Waals surface area contributed by atoms with Gasteiger partial charge in [-0.3, -0.25) is 4.79 Å². The summed E-state index contributed by atoms with van der Waals surface area (Å²) in [5.41, 5.74) is 1.90. The van der Waals surface area contributed by atoms with E-state index in [0.717, 1.165) is 15.7 Å². The smallest absolute Gasteiger partial charge is 0.225 e. The van der Waals surface area contributed by atoms with E-state index >= 15 is 0 Å². The molecule has 1 aromatic rings. The zero-order valence-corrected chi connectivity index (χ0v) is 10.2. The summed E-state index contributed by atoms with van der Waals surface area (Å²) in [5, 5.41) is 2.78. The third kappa shape index (κ3) is 3.31. The number of amides is 1. The second-order valence-electron chi connectivity index (χ2n) is 2.97. The lowest BCUT2D eigenvalue weighted by Gasteiger charge is -2.07. The van der Waals surface area contributed by atoms with Crippen LogP contribution in [0, 0.1) is 6.92 Å². The van der Waals surface area contributed by atoms with Crippen molar-refractivity contribution in [1.29, 1.82) is 0 Å². The third-order valence-corrected chi connectivity index (χ3v) is 2.60. The Hall–Kier alpha value is -0.540. The van der Waals surface area contributed by atoms with Crippen LogP contribution in [0.5, 0.6) is 0 Å². The van der Waals surface area contributed by atoms with E-state index in [-0.39, 0.29) is 5.91 Å². The lowest BCUT2D eigenvalue weighted by atomic mass is 10.2. The minimum atomic E-state index is -0.0636. The normalized spacial score (nSPS) is 9.93. The van der Waals surface area contributed by atoms with Gasteiger partial charge in [0.05, 0.1) is 5.69 Å². The maximum atomic E-state index is 11.3. The van der Waals surface area contributed by atoms with Gasteiger partial charge in [-0.05, 0) is 40.5 Å². The molecule has 0 aromatic heterocycles. The van der Waals surface area contributed by atoms with Gasteiger partial charge in [0, 0.05) is 16.8 Å². The Morgan fingerprint density at radius 3 is 2.93 bits per heavy atom. The largest absolute Gasteiger partial charge is 0.325 e. The van der Waals surface area contributed by atoms with Crippen molar-refractivity contribution in [1.82, 2.24) is 0 Å². The van der Waals surface area contributed by atoms with Gasteiger partial charge in [-0.15, -0.1) is 11.6 Å². The van der Waals surface area contributed by atoms with Crippen molar-refractivity contribution >= 4 is 39.1 Å². The van der Waals surface area contributed by atoms with Crippen molar-refractivity contribution < 1.29 is 4.79 Å². The number of nitrogens with one attached hydrogen (secondary N) is 1. The minimum Gasteiger partial charge on any atom is -0.325 e. The van der Waals surface area contributed by atoms with E-state index in [9.17, 15) is 4.79 Å². The molecule has 4 heteroatoms. The van der Waals surface area contributed by atoms with Gasteiger partial charge in [0.1, 0.15) is 0 Å². The molecule has 1 aromatic carbocycles. The molecule has 0 aliphatic carbocycles. The Bertz CT molecular complexity index is 341. The molecule has 0 aliphatic heterocycles. The molecule has 0 saturated heterocycles. The molecule has 0 bridgehead atoms. The van der Waals surface area contributed by atoms with Crippen LogP contribution in [0.4, 0.5) is 5.69 Å². The molecule has 76 valence electrons. The van der Waals surface area contributed by atoms with Gasteiger partial charge in [-0.1, -0.05) is 6.07 Å². The third-order valence-electron chi connectivity index (χ3n) is 1.72. The van der Waals surface area contributed by atoms with Gasteiger partial charge >= 0.3 is 0 Å². The highest BCUT2D eigenvalue weighted by Crippen LogP contribution is 2.23. The molecule has 0 aliphatic rings. The molecule has 0 unspecified atom stereocenters. The number of benzene rings is 1. The summed E-state index contributed by atoms with van der Waals surface area (Å²) in [7, 11) is 0. The predicted molar refractivity (Wildman–Crippen MR) is 62.8 cm³/mol. The summed E-state index contributed by atoms with van der Waals surface area (Å²) in [6.07, 6.45) is 0.335. The van der Waals surface area contributed by atoms with E-state index in [1.807, 2.05) is 25.1 Å². The molecular formula is C10H11BrClNO. The lowest BCUT2D eigenvalue weighted by molar-refractivity contribution is -0.115. The lowest BCUT2D eigenvalue weighted by Crippen LogP contribution is -2.12. The number of hydrogen-bond donors (Lipinski definition) is 1. The topological polar surface area (TPSA) is 29.1 Å². The van der Waals surface area contributed by atoms with E-state index in [1.54, 1.807) is 0 Å². The van der Waals surface area contributed by atoms with Crippen molar-refractivity contribution in [3.8, 4) is 0 Å². The summed E-state index contributed by atoms with van der Waals surface area (Å²) < 4.78 is 0.881. The van der Waals surface area contributed by atoms with E-state index in [0.29, 0.717) is 12.3 Å². The Balaban J connectivity index is 2.75. The van der Waals surface area contributed by atoms with Crippen LogP contribution in [0.1, 0.15) is 12.0 Å². The van der Waals surface area contributed by atoms with Crippen molar-refractivity contribution in [2.45, 2.75) is 13.3 Å². The van der Waals surface area contributed by atoms with E-state index in [2.05, 4.69) is 21.2 Å². The first-order chi connectivity index (χ1) is 6.63. The second kappa shape index (κ2) is 5.37. The molecule has 1 amide bonds. The Morgan fingerprint density at radius 1 is 1.57 bits per heavy atom. The standard InChI is InChI=1S/C10H11BrClNO/c1-7-2-3-8(11)9(6-7)13-10(14)4-5-12/h2-3,6H,4-5H2,1H3,(H,13,14). The summed E-state index contributed by atoms with van der Waals surface area (Å²) >= 11 is 8.82. The van der Waals surface area contributed by atoms with Crippen LogP contribution in [0.15, 0.2) is 22.7 Å². The maximum Gasteiger partial charge on any atom is 0.225 e. The van der Waals surface area contributed by atoms with Crippen molar-refractivity contribution in [2.75, 3.05) is 11.2 Å². The molecule has 0 saturated carbocycles. The highest BCUT2D eigenvalue weighted by molar-refractivity contribution is 9.10. The van der Waals surface area contributed by atoms with Crippen molar-refractivity contribution in [3.63, 3.8) is 0 Å². The predicted octanol–water partition coefficient (Wildman–Crippen LogP) is 3.32.